The van der Waals surface area contributed by atoms with Gasteiger partial charge in [-0.15, -0.1) is 0 Å². The van der Waals surface area contributed by atoms with Gasteiger partial charge < -0.3 is 10.3 Å². The summed E-state index contributed by atoms with van der Waals surface area (Å²) in [6, 6.07) is 6.39. The lowest BCUT2D eigenvalue weighted by Gasteiger charge is -2.25. The van der Waals surface area contributed by atoms with Gasteiger partial charge in [-0.1, -0.05) is 26.0 Å². The number of halogens is 1. The molecule has 0 saturated carbocycles. The number of nitrogens with zero attached hydrogens (tertiary/aromatic N) is 2. The third-order valence-electron chi connectivity index (χ3n) is 3.22. The molecule has 0 spiro atoms. The summed E-state index contributed by atoms with van der Waals surface area (Å²) < 4.78 is 15.1. The van der Waals surface area contributed by atoms with Crippen molar-refractivity contribution in [1.82, 2.24) is 9.55 Å². The Morgan fingerprint density at radius 2 is 1.79 bits per heavy atom. The second kappa shape index (κ2) is 5.53. The highest BCUT2D eigenvalue weighted by Crippen LogP contribution is 2.25. The summed E-state index contributed by atoms with van der Waals surface area (Å²) in [6.45, 7) is 6.15. The lowest BCUT2D eigenvalue weighted by molar-refractivity contribution is 0.470. The van der Waals surface area contributed by atoms with Gasteiger partial charge in [0.25, 0.3) is 0 Å². The zero-order valence-electron chi connectivity index (χ0n) is 11.5. The normalized spacial score (nSPS) is 14.6. The summed E-state index contributed by atoms with van der Waals surface area (Å²) in [4.78, 5) is 4.40. The highest BCUT2D eigenvalue weighted by molar-refractivity contribution is 5.23. The summed E-state index contributed by atoms with van der Waals surface area (Å²) in [5, 5.41) is 0. The maximum atomic E-state index is 13.1. The van der Waals surface area contributed by atoms with Gasteiger partial charge in [-0.3, -0.25) is 0 Å². The smallest absolute Gasteiger partial charge is 0.123 e. The van der Waals surface area contributed by atoms with E-state index in [0.29, 0.717) is 5.92 Å². The van der Waals surface area contributed by atoms with E-state index >= 15 is 0 Å². The molecule has 0 aliphatic rings. The van der Waals surface area contributed by atoms with Crippen LogP contribution < -0.4 is 5.73 Å². The fraction of sp³-hybridized carbons (Fsp3) is 0.400. The number of aromatic nitrogens is 2. The third-order valence-corrected chi connectivity index (χ3v) is 3.22. The first-order chi connectivity index (χ1) is 9.00. The van der Waals surface area contributed by atoms with Crippen LogP contribution in [-0.2, 0) is 0 Å². The molecule has 102 valence electrons. The van der Waals surface area contributed by atoms with Crippen molar-refractivity contribution in [1.29, 1.82) is 0 Å². The highest BCUT2D eigenvalue weighted by Gasteiger charge is 2.21. The van der Waals surface area contributed by atoms with Gasteiger partial charge in [0.1, 0.15) is 11.6 Å². The van der Waals surface area contributed by atoms with Gasteiger partial charge in [-0.05, 0) is 24.6 Å². The fourth-order valence-electron chi connectivity index (χ4n) is 2.38. The number of nitrogens with two attached hydrogens (primary N) is 1. The Morgan fingerprint density at radius 3 is 2.32 bits per heavy atom. The Hall–Kier alpha value is -1.68. The number of hydrogen-bond acceptors (Lipinski definition) is 2. The van der Waals surface area contributed by atoms with E-state index in [2.05, 4.69) is 23.4 Å². The van der Waals surface area contributed by atoms with Crippen LogP contribution >= 0.6 is 0 Å². The van der Waals surface area contributed by atoms with Crippen LogP contribution in [0.4, 0.5) is 4.39 Å². The lowest BCUT2D eigenvalue weighted by atomic mass is 10.00. The van der Waals surface area contributed by atoms with Crippen LogP contribution in [0.15, 0.2) is 36.7 Å². The van der Waals surface area contributed by atoms with Crippen molar-refractivity contribution >= 4 is 0 Å². The van der Waals surface area contributed by atoms with Gasteiger partial charge in [0.2, 0.25) is 0 Å². The SMILES string of the molecule is CC(C)c1nccn1C(c1ccc(F)cc1)C(C)N. The van der Waals surface area contributed by atoms with Gasteiger partial charge in [0, 0.05) is 24.4 Å². The molecule has 2 unspecified atom stereocenters. The predicted molar refractivity (Wildman–Crippen MR) is 74.5 cm³/mol. The molecule has 1 aromatic carbocycles. The molecule has 0 aliphatic heterocycles. The highest BCUT2D eigenvalue weighted by atomic mass is 19.1. The molecule has 3 nitrogen and oxygen atoms in total. The van der Waals surface area contributed by atoms with Gasteiger partial charge >= 0.3 is 0 Å². The molecule has 0 fully saturated rings. The van der Waals surface area contributed by atoms with Crippen molar-refractivity contribution in [3.63, 3.8) is 0 Å². The van der Waals surface area contributed by atoms with E-state index in [0.717, 1.165) is 11.4 Å². The Morgan fingerprint density at radius 1 is 1.16 bits per heavy atom. The van der Waals surface area contributed by atoms with Crippen LogP contribution in [0.1, 0.15) is 44.1 Å². The summed E-state index contributed by atoms with van der Waals surface area (Å²) in [7, 11) is 0. The molecule has 2 N–H and O–H groups in total. The first-order valence-electron chi connectivity index (χ1n) is 6.54. The quantitative estimate of drug-likeness (QED) is 0.919. The molecule has 19 heavy (non-hydrogen) atoms. The van der Waals surface area contributed by atoms with Crippen LogP contribution in [0.25, 0.3) is 0 Å². The predicted octanol–water partition coefficient (Wildman–Crippen LogP) is 3.08. The summed E-state index contributed by atoms with van der Waals surface area (Å²) >= 11 is 0. The second-order valence-corrected chi connectivity index (χ2v) is 5.20. The molecule has 0 saturated heterocycles. The van der Waals surface area contributed by atoms with Crippen LogP contribution in [0.5, 0.6) is 0 Å². The molecule has 2 atom stereocenters. The van der Waals surface area contributed by atoms with E-state index in [9.17, 15) is 4.39 Å². The third kappa shape index (κ3) is 2.84. The molecule has 0 amide bonds. The summed E-state index contributed by atoms with van der Waals surface area (Å²) in [6.07, 6.45) is 3.72. The van der Waals surface area contributed by atoms with Gasteiger partial charge in [0.15, 0.2) is 0 Å². The number of rotatable bonds is 4. The number of hydrogen-bond donors (Lipinski definition) is 1. The zero-order valence-corrected chi connectivity index (χ0v) is 11.5. The van der Waals surface area contributed by atoms with Crippen molar-refractivity contribution in [2.45, 2.75) is 38.8 Å². The van der Waals surface area contributed by atoms with Gasteiger partial charge in [-0.2, -0.15) is 0 Å². The van der Waals surface area contributed by atoms with E-state index in [4.69, 9.17) is 5.73 Å². The van der Waals surface area contributed by atoms with Crippen LogP contribution in [-0.4, -0.2) is 15.6 Å². The van der Waals surface area contributed by atoms with E-state index < -0.39 is 0 Å². The maximum Gasteiger partial charge on any atom is 0.123 e. The van der Waals surface area contributed by atoms with E-state index in [1.807, 2.05) is 13.1 Å². The minimum Gasteiger partial charge on any atom is -0.326 e. The first kappa shape index (κ1) is 13.7. The average Bonchev–Trinajstić information content (AvgIpc) is 2.80. The standard InChI is InChI=1S/C15H20FN3/c1-10(2)15-18-8-9-19(15)14(11(3)17)12-4-6-13(16)7-5-12/h4-11,14H,17H2,1-3H3. The Labute approximate surface area is 113 Å². The molecule has 2 aromatic rings. The maximum absolute atomic E-state index is 13.1. The van der Waals surface area contributed by atoms with Crippen LogP contribution in [0, 0.1) is 5.82 Å². The molecule has 0 radical (unpaired) electrons. The molecule has 4 heteroatoms. The van der Waals surface area contributed by atoms with Crippen molar-refractivity contribution in [3.05, 3.63) is 53.9 Å². The Balaban J connectivity index is 2.46. The number of imidazole rings is 1. The Bertz CT molecular complexity index is 529. The summed E-state index contributed by atoms with van der Waals surface area (Å²) in [5.41, 5.74) is 7.12. The van der Waals surface area contributed by atoms with E-state index in [1.54, 1.807) is 18.3 Å². The second-order valence-electron chi connectivity index (χ2n) is 5.20. The van der Waals surface area contributed by atoms with Crippen LogP contribution in [0.2, 0.25) is 0 Å². The van der Waals surface area contributed by atoms with E-state index in [-0.39, 0.29) is 17.9 Å². The monoisotopic (exact) mass is 261 g/mol. The average molecular weight is 261 g/mol. The number of benzene rings is 1. The molecule has 1 aromatic heterocycles. The molecule has 0 bridgehead atoms. The topological polar surface area (TPSA) is 43.8 Å². The van der Waals surface area contributed by atoms with Crippen molar-refractivity contribution in [2.24, 2.45) is 5.73 Å². The largest absolute Gasteiger partial charge is 0.326 e. The van der Waals surface area contributed by atoms with Crippen molar-refractivity contribution in [3.8, 4) is 0 Å². The first-order valence-corrected chi connectivity index (χ1v) is 6.54. The van der Waals surface area contributed by atoms with E-state index in [1.165, 1.54) is 12.1 Å². The van der Waals surface area contributed by atoms with Crippen molar-refractivity contribution < 1.29 is 4.39 Å². The van der Waals surface area contributed by atoms with Gasteiger partial charge in [-0.25, -0.2) is 9.37 Å². The fourth-order valence-corrected chi connectivity index (χ4v) is 2.38. The molecule has 0 aliphatic carbocycles. The minimum atomic E-state index is -0.234. The molecule has 1 heterocycles. The zero-order chi connectivity index (χ0) is 14.0. The van der Waals surface area contributed by atoms with Gasteiger partial charge in [0.05, 0.1) is 6.04 Å². The molecular weight excluding hydrogens is 241 g/mol. The Kier molecular flexibility index (Phi) is 4.00. The molecule has 2 rings (SSSR count). The minimum absolute atomic E-state index is 0.0273. The summed E-state index contributed by atoms with van der Waals surface area (Å²) in [5.74, 6) is 1.07. The van der Waals surface area contributed by atoms with Crippen LogP contribution in [0.3, 0.4) is 0 Å². The lowest BCUT2D eigenvalue weighted by Crippen LogP contribution is -2.31. The molecular formula is C15H20FN3. The van der Waals surface area contributed by atoms with Crippen molar-refractivity contribution in [2.75, 3.05) is 0 Å².